The van der Waals surface area contributed by atoms with E-state index in [9.17, 15) is 19.5 Å². The summed E-state index contributed by atoms with van der Waals surface area (Å²) in [5.41, 5.74) is 2.03. The molecule has 4 atom stereocenters. The molecular weight excluding hydrogens is 484 g/mol. The standard InChI is InChI=1S/C30H38N2O6/c1-22(18-33)31-28(34)17-25-14-8-9-15-26(16-23-10-4-2-5-11-23)30(36)38-21-27(32-29(25)35)20-37-19-24-12-6-3-7-13-24/h2-13,22,25-27,33H,14-21H2,1H3,(H,31,34)(H,32,35)/t22-,25-,26+,27+/m1/s1. The maximum Gasteiger partial charge on any atom is 0.309 e. The summed E-state index contributed by atoms with van der Waals surface area (Å²) < 4.78 is 11.5. The molecule has 3 N–H and O–H groups in total. The predicted octanol–water partition coefficient (Wildman–Crippen LogP) is 2.94. The van der Waals surface area contributed by atoms with E-state index < -0.39 is 18.0 Å². The highest BCUT2D eigenvalue weighted by Gasteiger charge is 2.27. The van der Waals surface area contributed by atoms with Crippen LogP contribution in [-0.2, 0) is 36.9 Å². The zero-order chi connectivity index (χ0) is 27.2. The zero-order valence-electron chi connectivity index (χ0n) is 21.9. The van der Waals surface area contributed by atoms with Gasteiger partial charge in [0.1, 0.15) is 6.61 Å². The molecule has 204 valence electrons. The molecule has 38 heavy (non-hydrogen) atoms. The Morgan fingerprint density at radius 1 is 1.03 bits per heavy atom. The Hall–Kier alpha value is -3.49. The van der Waals surface area contributed by atoms with Gasteiger partial charge < -0.3 is 25.2 Å². The van der Waals surface area contributed by atoms with Crippen LogP contribution < -0.4 is 10.6 Å². The second-order valence-corrected chi connectivity index (χ2v) is 9.72. The maximum atomic E-state index is 13.2. The molecule has 0 aromatic heterocycles. The van der Waals surface area contributed by atoms with Crippen LogP contribution in [-0.4, -0.2) is 54.8 Å². The van der Waals surface area contributed by atoms with E-state index in [0.717, 1.165) is 11.1 Å². The van der Waals surface area contributed by atoms with Crippen LogP contribution in [0.5, 0.6) is 0 Å². The van der Waals surface area contributed by atoms with Crippen LogP contribution in [0.25, 0.3) is 0 Å². The van der Waals surface area contributed by atoms with Crippen molar-refractivity contribution in [2.24, 2.45) is 11.8 Å². The number of carbonyl (C=O) groups excluding carboxylic acids is 3. The quantitative estimate of drug-likeness (QED) is 0.327. The summed E-state index contributed by atoms with van der Waals surface area (Å²) in [7, 11) is 0. The first-order valence-electron chi connectivity index (χ1n) is 13.1. The van der Waals surface area contributed by atoms with Gasteiger partial charge in [-0.2, -0.15) is 0 Å². The van der Waals surface area contributed by atoms with Gasteiger partial charge in [-0.25, -0.2) is 0 Å². The number of allylic oxidation sites excluding steroid dienone is 2. The number of nitrogens with one attached hydrogen (secondary N) is 2. The van der Waals surface area contributed by atoms with E-state index >= 15 is 0 Å². The molecule has 0 fully saturated rings. The molecule has 2 aromatic rings. The summed E-state index contributed by atoms with van der Waals surface area (Å²) in [6.07, 6.45) is 5.05. The Kier molecular flexibility index (Phi) is 12.0. The Morgan fingerprint density at radius 2 is 1.66 bits per heavy atom. The lowest BCUT2D eigenvalue weighted by Gasteiger charge is -2.24. The largest absolute Gasteiger partial charge is 0.463 e. The van der Waals surface area contributed by atoms with Gasteiger partial charge in [0, 0.05) is 12.5 Å². The van der Waals surface area contributed by atoms with Crippen molar-refractivity contribution in [3.63, 3.8) is 0 Å². The first-order valence-corrected chi connectivity index (χ1v) is 13.1. The Labute approximate surface area is 224 Å². The van der Waals surface area contributed by atoms with Gasteiger partial charge in [0.25, 0.3) is 0 Å². The number of hydrogen-bond donors (Lipinski definition) is 3. The minimum atomic E-state index is -0.614. The minimum Gasteiger partial charge on any atom is -0.463 e. The second kappa shape index (κ2) is 15.7. The molecule has 0 bridgehead atoms. The molecule has 1 aliphatic rings. The topological polar surface area (TPSA) is 114 Å². The average molecular weight is 523 g/mol. The van der Waals surface area contributed by atoms with Crippen molar-refractivity contribution >= 4 is 17.8 Å². The number of benzene rings is 2. The zero-order valence-corrected chi connectivity index (χ0v) is 21.9. The number of aliphatic hydroxyl groups is 1. The number of ether oxygens (including phenoxy) is 2. The smallest absolute Gasteiger partial charge is 0.309 e. The number of hydrogen-bond acceptors (Lipinski definition) is 6. The van der Waals surface area contributed by atoms with Crippen molar-refractivity contribution < 1.29 is 29.0 Å². The van der Waals surface area contributed by atoms with E-state index in [4.69, 9.17) is 9.47 Å². The summed E-state index contributed by atoms with van der Waals surface area (Å²) in [5, 5.41) is 14.9. The summed E-state index contributed by atoms with van der Waals surface area (Å²) in [4.78, 5) is 38.7. The van der Waals surface area contributed by atoms with Crippen LogP contribution >= 0.6 is 0 Å². The predicted molar refractivity (Wildman–Crippen MR) is 144 cm³/mol. The lowest BCUT2D eigenvalue weighted by atomic mass is 9.94. The average Bonchev–Trinajstić information content (AvgIpc) is 2.92. The van der Waals surface area contributed by atoms with E-state index in [1.54, 1.807) is 6.92 Å². The number of esters is 1. The number of cyclic esters (lactones) is 1. The van der Waals surface area contributed by atoms with Gasteiger partial charge in [-0.1, -0.05) is 72.8 Å². The molecule has 8 heteroatoms. The molecule has 0 unspecified atom stereocenters. The summed E-state index contributed by atoms with van der Waals surface area (Å²) in [6.45, 7) is 1.98. The van der Waals surface area contributed by atoms with Gasteiger partial charge in [-0.15, -0.1) is 0 Å². The fourth-order valence-corrected chi connectivity index (χ4v) is 4.21. The normalized spacial score (nSPS) is 21.4. The molecule has 8 nitrogen and oxygen atoms in total. The fourth-order valence-electron chi connectivity index (χ4n) is 4.21. The van der Waals surface area contributed by atoms with Crippen LogP contribution in [0, 0.1) is 11.8 Å². The molecule has 2 amide bonds. The van der Waals surface area contributed by atoms with Crippen molar-refractivity contribution in [3.05, 3.63) is 83.9 Å². The Morgan fingerprint density at radius 3 is 2.32 bits per heavy atom. The molecule has 1 aliphatic heterocycles. The third kappa shape index (κ3) is 10.1. The molecule has 0 radical (unpaired) electrons. The first kappa shape index (κ1) is 29.1. The molecule has 0 saturated heterocycles. The molecule has 0 spiro atoms. The van der Waals surface area contributed by atoms with Crippen LogP contribution in [0.15, 0.2) is 72.8 Å². The van der Waals surface area contributed by atoms with E-state index in [0.29, 0.717) is 25.9 Å². The minimum absolute atomic E-state index is 0.0225. The monoisotopic (exact) mass is 522 g/mol. The van der Waals surface area contributed by atoms with Gasteiger partial charge in [-0.3, -0.25) is 14.4 Å². The van der Waals surface area contributed by atoms with Crippen molar-refractivity contribution in [1.82, 2.24) is 10.6 Å². The number of aliphatic hydroxyl groups excluding tert-OH is 1. The van der Waals surface area contributed by atoms with Crippen LogP contribution in [0.2, 0.25) is 0 Å². The third-order valence-corrected chi connectivity index (χ3v) is 6.35. The lowest BCUT2D eigenvalue weighted by Crippen LogP contribution is -2.46. The van der Waals surface area contributed by atoms with Crippen LogP contribution in [0.1, 0.15) is 37.3 Å². The highest BCUT2D eigenvalue weighted by atomic mass is 16.5. The van der Waals surface area contributed by atoms with E-state index in [1.807, 2.05) is 72.8 Å². The number of amides is 2. The van der Waals surface area contributed by atoms with Gasteiger partial charge in [0.15, 0.2) is 0 Å². The van der Waals surface area contributed by atoms with E-state index in [2.05, 4.69) is 10.6 Å². The highest BCUT2D eigenvalue weighted by Crippen LogP contribution is 2.18. The Balaban J connectivity index is 1.72. The second-order valence-electron chi connectivity index (χ2n) is 9.72. The molecule has 0 aliphatic carbocycles. The van der Waals surface area contributed by atoms with Crippen molar-refractivity contribution in [1.29, 1.82) is 0 Å². The van der Waals surface area contributed by atoms with Gasteiger partial charge in [0.05, 0.1) is 37.7 Å². The van der Waals surface area contributed by atoms with Gasteiger partial charge in [0.2, 0.25) is 11.8 Å². The maximum absolute atomic E-state index is 13.2. The van der Waals surface area contributed by atoms with E-state index in [-0.39, 0.29) is 49.9 Å². The molecule has 2 aromatic carbocycles. The molecule has 3 rings (SSSR count). The summed E-state index contributed by atoms with van der Waals surface area (Å²) in [6, 6.07) is 18.5. The summed E-state index contributed by atoms with van der Waals surface area (Å²) >= 11 is 0. The molecular formula is C30H38N2O6. The highest BCUT2D eigenvalue weighted by molar-refractivity contribution is 5.86. The Bertz CT molecular complexity index is 1040. The first-order chi connectivity index (χ1) is 18.4. The van der Waals surface area contributed by atoms with Crippen LogP contribution in [0.3, 0.4) is 0 Å². The summed E-state index contributed by atoms with van der Waals surface area (Å²) in [5.74, 6) is -1.93. The SMILES string of the molecule is C[C@H](CO)NC(=O)C[C@H]1CC=CC[C@@H](Cc2ccccc2)C(=O)OC[C@H](COCc2ccccc2)NC1=O. The molecule has 0 saturated carbocycles. The third-order valence-electron chi connectivity index (χ3n) is 6.35. The van der Waals surface area contributed by atoms with Crippen molar-refractivity contribution in [2.75, 3.05) is 19.8 Å². The lowest BCUT2D eigenvalue weighted by molar-refractivity contribution is -0.150. The van der Waals surface area contributed by atoms with E-state index in [1.165, 1.54) is 0 Å². The van der Waals surface area contributed by atoms with Gasteiger partial charge >= 0.3 is 5.97 Å². The fraction of sp³-hybridized carbons (Fsp3) is 0.433. The van der Waals surface area contributed by atoms with Crippen LogP contribution in [0.4, 0.5) is 0 Å². The number of rotatable bonds is 10. The molecule has 1 heterocycles. The van der Waals surface area contributed by atoms with Crippen molar-refractivity contribution in [2.45, 2.75) is 51.3 Å². The number of carbonyl (C=O) groups is 3. The van der Waals surface area contributed by atoms with Crippen molar-refractivity contribution in [3.8, 4) is 0 Å². The van der Waals surface area contributed by atoms with Gasteiger partial charge in [-0.05, 0) is 37.3 Å².